The van der Waals surface area contributed by atoms with Gasteiger partial charge in [-0.15, -0.1) is 0 Å². The van der Waals surface area contributed by atoms with Crippen molar-refractivity contribution in [1.82, 2.24) is 24.3 Å². The van der Waals surface area contributed by atoms with Gasteiger partial charge in [-0.2, -0.15) is 12.7 Å². The number of hydrogen-bond acceptors (Lipinski definition) is 10. The largest absolute Gasteiger partial charge is 0.481 e. The Morgan fingerprint density at radius 1 is 1.05 bits per heavy atom. The Labute approximate surface area is 326 Å². The molecule has 18 heteroatoms. The standard InChI is InChI=1S/C39H42F3N7O7S/c1-23(2)34(39(51)52)32-19-33(45-56-32)55-17-3-11-47-13-15-48(16-14-47)27-6-4-24(5-7-27)25-18-28-29(21-44-38(28)43-20-25)37(50)35-30(41)8-9-31(36(35)42)46-57(53,54)49-12-10-26(40)22-49/h4-9,18-21,23,26,34,46H,3,10-17,22H2,1-2H3,(H,43,44)(H,51,52)/t26-,34?/m1/s1. The molecule has 2 atom stereocenters. The number of aromatic amines is 1. The van der Waals surface area contributed by atoms with Gasteiger partial charge in [0, 0.05) is 86.5 Å². The molecule has 2 saturated heterocycles. The molecule has 14 nitrogen and oxygen atoms in total. The average molecular weight is 810 g/mol. The van der Waals surface area contributed by atoms with Gasteiger partial charge in [0.15, 0.2) is 11.6 Å². The van der Waals surface area contributed by atoms with Crippen molar-refractivity contribution in [3.63, 3.8) is 0 Å². The number of fused-ring (bicyclic) bond motifs is 1. The summed E-state index contributed by atoms with van der Waals surface area (Å²) >= 11 is 0. The number of rotatable bonds is 15. The first-order chi connectivity index (χ1) is 27.3. The number of aliphatic carboxylic acids is 1. The Kier molecular flexibility index (Phi) is 11.6. The first kappa shape index (κ1) is 39.8. The molecule has 0 aliphatic carbocycles. The fourth-order valence-electron chi connectivity index (χ4n) is 7.21. The maximum Gasteiger partial charge on any atom is 0.314 e. The molecule has 1 unspecified atom stereocenters. The highest BCUT2D eigenvalue weighted by atomic mass is 32.2. The van der Waals surface area contributed by atoms with Crippen LogP contribution < -0.4 is 14.4 Å². The van der Waals surface area contributed by atoms with Crippen LogP contribution in [0.4, 0.5) is 24.5 Å². The van der Waals surface area contributed by atoms with E-state index in [9.17, 15) is 27.5 Å². The number of H-pyrrole nitrogens is 1. The van der Waals surface area contributed by atoms with Crippen LogP contribution in [0.25, 0.3) is 22.2 Å². The lowest BCUT2D eigenvalue weighted by molar-refractivity contribution is -0.140. The van der Waals surface area contributed by atoms with E-state index in [-0.39, 0.29) is 42.6 Å². The molecule has 2 aliphatic heterocycles. The number of carbonyl (C=O) groups excluding carboxylic acids is 1. The second-order valence-corrected chi connectivity index (χ2v) is 16.2. The van der Waals surface area contributed by atoms with Crippen LogP contribution in [0.2, 0.25) is 0 Å². The van der Waals surface area contributed by atoms with Gasteiger partial charge in [-0.3, -0.25) is 19.2 Å². The van der Waals surface area contributed by atoms with E-state index >= 15 is 8.78 Å². The molecule has 0 bridgehead atoms. The predicted octanol–water partition coefficient (Wildman–Crippen LogP) is 5.84. The van der Waals surface area contributed by atoms with Crippen LogP contribution in [0.15, 0.2) is 65.4 Å². The highest BCUT2D eigenvalue weighted by Crippen LogP contribution is 2.32. The fourth-order valence-corrected chi connectivity index (χ4v) is 8.48. The first-order valence-electron chi connectivity index (χ1n) is 18.6. The molecule has 3 aromatic heterocycles. The topological polar surface area (TPSA) is 174 Å². The molecular formula is C39H42F3N7O7S. The monoisotopic (exact) mass is 809 g/mol. The fraction of sp³-hybridized carbons (Fsp3) is 0.385. The number of anilines is 2. The van der Waals surface area contributed by atoms with Gasteiger partial charge in [0.05, 0.1) is 17.9 Å². The van der Waals surface area contributed by atoms with Crippen LogP contribution in [0.5, 0.6) is 5.88 Å². The van der Waals surface area contributed by atoms with Gasteiger partial charge in [-0.05, 0) is 59.8 Å². The van der Waals surface area contributed by atoms with Crippen molar-refractivity contribution in [2.24, 2.45) is 5.92 Å². The van der Waals surface area contributed by atoms with Crippen molar-refractivity contribution in [3.05, 3.63) is 89.4 Å². The van der Waals surface area contributed by atoms with Crippen LogP contribution >= 0.6 is 0 Å². The molecular weight excluding hydrogens is 768 g/mol. The van der Waals surface area contributed by atoms with Gasteiger partial charge in [-0.1, -0.05) is 26.0 Å². The van der Waals surface area contributed by atoms with Gasteiger partial charge in [0.1, 0.15) is 23.6 Å². The second kappa shape index (κ2) is 16.6. The molecule has 2 aliphatic rings. The normalized spacial score (nSPS) is 17.4. The van der Waals surface area contributed by atoms with E-state index in [1.165, 1.54) is 6.20 Å². The quantitative estimate of drug-likeness (QED) is 0.0856. The smallest absolute Gasteiger partial charge is 0.314 e. The van der Waals surface area contributed by atoms with Gasteiger partial charge in [0.25, 0.3) is 5.88 Å². The molecule has 5 heterocycles. The summed E-state index contributed by atoms with van der Waals surface area (Å²) < 4.78 is 83.7. The van der Waals surface area contributed by atoms with Gasteiger partial charge in [-0.25, -0.2) is 18.2 Å². The van der Waals surface area contributed by atoms with Gasteiger partial charge in [0.2, 0.25) is 5.78 Å². The molecule has 0 amide bonds. The minimum absolute atomic E-state index is 0.00220. The Hall–Kier alpha value is -5.46. The zero-order chi connectivity index (χ0) is 40.4. The molecule has 0 saturated carbocycles. The SMILES string of the molecule is CC(C)C(C(=O)O)c1cc(OCCCN2CCN(c3ccc(-c4cnc5[nH]cc(C(=O)c6c(F)ccc(NS(=O)(=O)N7CC[C@@H](F)C7)c6F)c5c4)cc3)CC2)no1. The van der Waals surface area contributed by atoms with Crippen molar-refractivity contribution in [1.29, 1.82) is 0 Å². The highest BCUT2D eigenvalue weighted by Gasteiger charge is 2.33. The average Bonchev–Trinajstić information content (AvgIpc) is 3.95. The van der Waals surface area contributed by atoms with E-state index in [1.54, 1.807) is 18.3 Å². The van der Waals surface area contributed by atoms with Crippen LogP contribution in [-0.4, -0.2) is 108 Å². The first-order valence-corrected chi connectivity index (χ1v) is 20.0. The maximum absolute atomic E-state index is 15.7. The number of pyridine rings is 1. The van der Waals surface area contributed by atoms with Gasteiger partial charge < -0.3 is 24.3 Å². The number of benzene rings is 2. The van der Waals surface area contributed by atoms with Crippen molar-refractivity contribution < 1.29 is 45.5 Å². The number of halogens is 3. The zero-order valence-electron chi connectivity index (χ0n) is 31.3. The van der Waals surface area contributed by atoms with E-state index in [0.717, 1.165) is 66.8 Å². The number of ketones is 1. The number of carbonyl (C=O) groups is 2. The molecule has 0 radical (unpaired) electrons. The van der Waals surface area contributed by atoms with E-state index < -0.39 is 56.9 Å². The molecule has 2 aromatic carbocycles. The lowest BCUT2D eigenvalue weighted by Crippen LogP contribution is -2.46. The lowest BCUT2D eigenvalue weighted by atomic mass is 9.94. The van der Waals surface area contributed by atoms with Crippen LogP contribution in [0.1, 0.15) is 54.3 Å². The van der Waals surface area contributed by atoms with Crippen molar-refractivity contribution in [2.45, 2.75) is 38.8 Å². The molecule has 3 N–H and O–H groups in total. The van der Waals surface area contributed by atoms with Gasteiger partial charge >= 0.3 is 16.2 Å². The van der Waals surface area contributed by atoms with E-state index in [0.29, 0.717) is 23.2 Å². The molecule has 302 valence electrons. The summed E-state index contributed by atoms with van der Waals surface area (Å²) in [6.45, 7) is 7.70. The lowest BCUT2D eigenvalue weighted by Gasteiger charge is -2.36. The molecule has 2 fully saturated rings. The number of carboxylic acids is 1. The van der Waals surface area contributed by atoms with Crippen LogP contribution in [0, 0.1) is 17.6 Å². The number of nitrogens with zero attached hydrogens (tertiary/aromatic N) is 5. The molecule has 57 heavy (non-hydrogen) atoms. The molecule has 5 aromatic rings. The number of ether oxygens (including phenoxy) is 1. The summed E-state index contributed by atoms with van der Waals surface area (Å²) in [6.07, 6.45) is 2.34. The molecule has 7 rings (SSSR count). The van der Waals surface area contributed by atoms with E-state index in [2.05, 4.69) is 24.9 Å². The van der Waals surface area contributed by atoms with Crippen LogP contribution in [0.3, 0.4) is 0 Å². The van der Waals surface area contributed by atoms with Crippen molar-refractivity contribution in [3.8, 4) is 17.0 Å². The van der Waals surface area contributed by atoms with Crippen LogP contribution in [-0.2, 0) is 15.0 Å². The summed E-state index contributed by atoms with van der Waals surface area (Å²) in [7, 11) is -4.35. The molecule has 0 spiro atoms. The number of alkyl halides is 1. The Morgan fingerprint density at radius 3 is 2.49 bits per heavy atom. The Morgan fingerprint density at radius 2 is 1.81 bits per heavy atom. The summed E-state index contributed by atoms with van der Waals surface area (Å²) in [5.41, 5.74) is 1.19. The summed E-state index contributed by atoms with van der Waals surface area (Å²) in [5.74, 6) is -4.93. The predicted molar refractivity (Wildman–Crippen MR) is 205 cm³/mol. The number of aromatic nitrogens is 3. The van der Waals surface area contributed by atoms with Crippen molar-refractivity contribution in [2.75, 3.05) is 62.0 Å². The second-order valence-electron chi connectivity index (χ2n) is 14.5. The summed E-state index contributed by atoms with van der Waals surface area (Å²) in [6, 6.07) is 12.8. The number of hydrogen-bond donors (Lipinski definition) is 3. The third kappa shape index (κ3) is 8.62. The number of nitrogens with one attached hydrogen (secondary N) is 2. The Balaban J connectivity index is 0.955. The van der Waals surface area contributed by atoms with E-state index in [1.807, 2.05) is 42.8 Å². The third-order valence-corrected chi connectivity index (χ3v) is 11.8. The third-order valence-electron chi connectivity index (χ3n) is 10.3. The number of piperazine rings is 1. The summed E-state index contributed by atoms with van der Waals surface area (Å²) in [4.78, 5) is 37.1. The Bertz CT molecular complexity index is 2360. The minimum atomic E-state index is -4.35. The highest BCUT2D eigenvalue weighted by molar-refractivity contribution is 7.90. The maximum atomic E-state index is 15.7. The minimum Gasteiger partial charge on any atom is -0.481 e. The summed E-state index contributed by atoms with van der Waals surface area (Å²) in [5, 5.41) is 13.7. The number of carboxylic acid groups (broad SMARTS) is 1. The zero-order valence-corrected chi connectivity index (χ0v) is 32.1. The van der Waals surface area contributed by atoms with E-state index in [4.69, 9.17) is 9.26 Å². The van der Waals surface area contributed by atoms with Crippen molar-refractivity contribution >= 4 is 44.4 Å².